The minimum absolute atomic E-state index is 0.278. The Kier molecular flexibility index (Phi) is 3.26. The molecular weight excluding hydrogens is 350 g/mol. The van der Waals surface area contributed by atoms with Crippen LogP contribution in [0.5, 0.6) is 0 Å². The zero-order chi connectivity index (χ0) is 18.9. The summed E-state index contributed by atoms with van der Waals surface area (Å²) in [6, 6.07) is 8.87. The highest BCUT2D eigenvalue weighted by atomic mass is 16.5. The molecule has 2 aliphatic carbocycles. The van der Waals surface area contributed by atoms with Crippen LogP contribution in [-0.4, -0.2) is 46.1 Å². The number of benzene rings is 1. The zero-order valence-electron chi connectivity index (χ0n) is 16.4. The van der Waals surface area contributed by atoms with Gasteiger partial charge in [0, 0.05) is 31.7 Å². The smallest absolute Gasteiger partial charge is 0.159 e. The van der Waals surface area contributed by atoms with E-state index in [2.05, 4.69) is 45.1 Å². The number of ether oxygens (including phenoxy) is 1. The van der Waals surface area contributed by atoms with Crippen molar-refractivity contribution in [3.63, 3.8) is 0 Å². The van der Waals surface area contributed by atoms with Crippen LogP contribution >= 0.6 is 0 Å². The van der Waals surface area contributed by atoms with Gasteiger partial charge in [-0.2, -0.15) is 5.10 Å². The lowest BCUT2D eigenvalue weighted by Gasteiger charge is -2.17. The van der Waals surface area contributed by atoms with Crippen LogP contribution in [0.4, 0.5) is 5.82 Å². The molecule has 1 spiro atoms. The van der Waals surface area contributed by atoms with Crippen LogP contribution in [0.2, 0.25) is 0 Å². The molecule has 6 rings (SSSR count). The number of nitrogens with zero attached hydrogens (tertiary/aromatic N) is 5. The van der Waals surface area contributed by atoms with Crippen molar-refractivity contribution in [2.24, 2.45) is 5.41 Å². The average Bonchev–Trinajstić information content (AvgIpc) is 3.44. The molecule has 3 fully saturated rings. The van der Waals surface area contributed by atoms with Gasteiger partial charge in [-0.1, -0.05) is 19.1 Å². The number of fused-ring (bicyclic) bond motifs is 1. The molecule has 0 radical (unpaired) electrons. The molecule has 144 valence electrons. The first-order valence-corrected chi connectivity index (χ1v) is 10.2. The Morgan fingerprint density at radius 3 is 2.75 bits per heavy atom. The molecular formula is C22H25N5O. The summed E-state index contributed by atoms with van der Waals surface area (Å²) in [5.41, 5.74) is 3.51. The molecule has 28 heavy (non-hydrogen) atoms. The summed E-state index contributed by atoms with van der Waals surface area (Å²) in [7, 11) is 1.78. The van der Waals surface area contributed by atoms with E-state index >= 15 is 0 Å². The van der Waals surface area contributed by atoms with Crippen molar-refractivity contribution < 1.29 is 4.74 Å². The summed E-state index contributed by atoms with van der Waals surface area (Å²) in [4.78, 5) is 11.3. The zero-order valence-corrected chi connectivity index (χ0v) is 16.4. The molecule has 1 aliphatic heterocycles. The Hall–Kier alpha value is -2.47. The number of hydrogen-bond acceptors (Lipinski definition) is 5. The molecule has 2 atom stereocenters. The number of methoxy groups -OCH3 is 1. The van der Waals surface area contributed by atoms with Crippen LogP contribution in [0.3, 0.4) is 0 Å². The summed E-state index contributed by atoms with van der Waals surface area (Å²) in [6.45, 7) is 4.25. The Morgan fingerprint density at radius 2 is 2.00 bits per heavy atom. The fourth-order valence-electron chi connectivity index (χ4n) is 5.22. The Morgan fingerprint density at radius 1 is 1.14 bits per heavy atom. The highest BCUT2D eigenvalue weighted by Gasteiger charge is 2.71. The highest BCUT2D eigenvalue weighted by Crippen LogP contribution is 2.78. The van der Waals surface area contributed by atoms with E-state index in [-0.39, 0.29) is 6.10 Å². The molecule has 1 saturated heterocycles. The molecule has 0 amide bonds. The van der Waals surface area contributed by atoms with Gasteiger partial charge in [0.2, 0.25) is 0 Å². The van der Waals surface area contributed by atoms with Gasteiger partial charge in [-0.05, 0) is 48.1 Å². The van der Waals surface area contributed by atoms with E-state index in [1.807, 2.05) is 16.9 Å². The molecule has 0 N–H and O–H groups in total. The maximum atomic E-state index is 5.49. The van der Waals surface area contributed by atoms with E-state index < -0.39 is 0 Å². The van der Waals surface area contributed by atoms with Gasteiger partial charge < -0.3 is 9.64 Å². The average molecular weight is 375 g/mol. The lowest BCUT2D eigenvalue weighted by Crippen LogP contribution is -2.23. The van der Waals surface area contributed by atoms with E-state index in [0.29, 0.717) is 10.8 Å². The standard InChI is InChI=1S/C22H25N5O/c1-21(13-22(21)6-7-22)16-4-3-15-11-25-27(18(15)9-16)20-10-19(23-14-24-20)26-8-5-17(12-26)28-2/h3-4,9-11,14,17H,5-8,12-13H2,1-2H3/t17-,21+/m1/s1. The summed E-state index contributed by atoms with van der Waals surface area (Å²) >= 11 is 0. The summed E-state index contributed by atoms with van der Waals surface area (Å²) in [6.07, 6.45) is 8.98. The van der Waals surface area contributed by atoms with Gasteiger partial charge in [-0.15, -0.1) is 0 Å². The highest BCUT2D eigenvalue weighted by molar-refractivity contribution is 5.81. The van der Waals surface area contributed by atoms with Crippen LogP contribution in [0, 0.1) is 5.41 Å². The maximum absolute atomic E-state index is 5.49. The summed E-state index contributed by atoms with van der Waals surface area (Å²) in [5, 5.41) is 5.79. The van der Waals surface area contributed by atoms with Crippen molar-refractivity contribution in [3.8, 4) is 5.82 Å². The second kappa shape index (κ2) is 5.54. The SMILES string of the molecule is CO[C@@H]1CCN(c2cc(-n3ncc4ccc([C@]5(C)CC56CC6)cc43)ncn2)C1. The molecule has 3 aliphatic rings. The molecule has 2 saturated carbocycles. The predicted molar refractivity (Wildman–Crippen MR) is 108 cm³/mol. The lowest BCUT2D eigenvalue weighted by molar-refractivity contribution is 0.121. The van der Waals surface area contributed by atoms with Gasteiger partial charge in [0.1, 0.15) is 12.1 Å². The molecule has 2 aromatic heterocycles. The topological polar surface area (TPSA) is 56.1 Å². The number of aromatic nitrogens is 4. The molecule has 3 aromatic rings. The minimum Gasteiger partial charge on any atom is -0.380 e. The largest absolute Gasteiger partial charge is 0.380 e. The lowest BCUT2D eigenvalue weighted by atomic mass is 9.93. The molecule has 6 nitrogen and oxygen atoms in total. The van der Waals surface area contributed by atoms with Crippen LogP contribution in [-0.2, 0) is 10.2 Å². The Balaban J connectivity index is 1.38. The van der Waals surface area contributed by atoms with Gasteiger partial charge in [0.15, 0.2) is 5.82 Å². The second-order valence-electron chi connectivity index (χ2n) is 8.95. The maximum Gasteiger partial charge on any atom is 0.159 e. The minimum atomic E-state index is 0.278. The van der Waals surface area contributed by atoms with Gasteiger partial charge in [-0.3, -0.25) is 0 Å². The first-order valence-electron chi connectivity index (χ1n) is 10.2. The van der Waals surface area contributed by atoms with Crippen molar-refractivity contribution in [1.29, 1.82) is 0 Å². The van der Waals surface area contributed by atoms with Crippen molar-refractivity contribution >= 4 is 16.7 Å². The Labute approximate surface area is 164 Å². The second-order valence-corrected chi connectivity index (χ2v) is 8.95. The summed E-state index contributed by atoms with van der Waals surface area (Å²) in [5.74, 6) is 1.76. The number of rotatable bonds is 4. The van der Waals surface area contributed by atoms with E-state index in [9.17, 15) is 0 Å². The molecule has 1 aromatic carbocycles. The van der Waals surface area contributed by atoms with Crippen LogP contribution in [0.15, 0.2) is 36.8 Å². The quantitative estimate of drug-likeness (QED) is 0.699. The van der Waals surface area contributed by atoms with Gasteiger partial charge >= 0.3 is 0 Å². The van der Waals surface area contributed by atoms with Crippen LogP contribution < -0.4 is 4.90 Å². The summed E-state index contributed by atoms with van der Waals surface area (Å²) < 4.78 is 7.45. The fraction of sp³-hybridized carbons (Fsp3) is 0.500. The third-order valence-electron chi connectivity index (χ3n) is 7.46. The van der Waals surface area contributed by atoms with Crippen molar-refractivity contribution in [1.82, 2.24) is 19.7 Å². The van der Waals surface area contributed by atoms with E-state index in [1.165, 1.54) is 24.8 Å². The van der Waals surface area contributed by atoms with Crippen LogP contribution in [0.25, 0.3) is 16.7 Å². The first-order chi connectivity index (χ1) is 13.6. The Bertz CT molecular complexity index is 1070. The molecule has 6 heteroatoms. The van der Waals surface area contributed by atoms with Gasteiger partial charge in [0.25, 0.3) is 0 Å². The first kappa shape index (κ1) is 16.5. The third kappa shape index (κ3) is 2.27. The molecule has 0 unspecified atom stereocenters. The van der Waals surface area contributed by atoms with E-state index in [4.69, 9.17) is 4.74 Å². The van der Waals surface area contributed by atoms with Crippen molar-refractivity contribution in [2.75, 3.05) is 25.1 Å². The number of hydrogen-bond donors (Lipinski definition) is 0. The van der Waals surface area contributed by atoms with Crippen molar-refractivity contribution in [3.05, 3.63) is 42.4 Å². The van der Waals surface area contributed by atoms with Gasteiger partial charge in [0.05, 0.1) is 17.8 Å². The van der Waals surface area contributed by atoms with Gasteiger partial charge in [-0.25, -0.2) is 14.6 Å². The van der Waals surface area contributed by atoms with E-state index in [1.54, 1.807) is 13.4 Å². The predicted octanol–water partition coefficient (Wildman–Crippen LogP) is 3.48. The molecule has 3 heterocycles. The monoisotopic (exact) mass is 375 g/mol. The normalized spacial score (nSPS) is 27.6. The van der Waals surface area contributed by atoms with Crippen molar-refractivity contribution in [2.45, 2.75) is 44.1 Å². The number of anilines is 1. The molecule has 0 bridgehead atoms. The van der Waals surface area contributed by atoms with E-state index in [0.717, 1.165) is 42.0 Å². The fourth-order valence-corrected chi connectivity index (χ4v) is 5.22. The third-order valence-corrected chi connectivity index (χ3v) is 7.46. The van der Waals surface area contributed by atoms with Crippen LogP contribution in [0.1, 0.15) is 38.2 Å².